The summed E-state index contributed by atoms with van der Waals surface area (Å²) in [6.45, 7) is 9.24. The summed E-state index contributed by atoms with van der Waals surface area (Å²) < 4.78 is 1.28. The molecule has 0 aromatic heterocycles. The third-order valence-corrected chi connectivity index (χ3v) is 8.55. The normalized spacial score (nSPS) is 41.7. The highest BCUT2D eigenvalue weighted by molar-refractivity contribution is 14.1. The fraction of sp³-hybridized carbons (Fsp3) is 0.727. The summed E-state index contributed by atoms with van der Waals surface area (Å²) in [5, 5.41) is 9.95. The molecule has 5 atom stereocenters. The topological polar surface area (TPSA) is 20.2 Å². The monoisotopic (exact) mass is 440 g/mol. The fourth-order valence-electron chi connectivity index (χ4n) is 5.72. The number of aliphatic hydroxyl groups excluding tert-OH is 1. The summed E-state index contributed by atoms with van der Waals surface area (Å²) in [5.74, 6) is 2.51. The number of halogens is 1. The fourth-order valence-corrected chi connectivity index (χ4v) is 6.33. The van der Waals surface area contributed by atoms with Gasteiger partial charge < -0.3 is 5.11 Å². The van der Waals surface area contributed by atoms with Gasteiger partial charge in [-0.05, 0) is 80.1 Å². The van der Waals surface area contributed by atoms with Crippen molar-refractivity contribution in [3.8, 4) is 0 Å². The third kappa shape index (κ3) is 3.56. The highest BCUT2D eigenvalue weighted by atomic mass is 127. The SMILES string of the molecule is C=C1CC[C@H](O)C/C1=C/C=C1\CCC[C@]2(C)[C@@H]([C@H](C)CI)CC[C@@H]12. The maximum absolute atomic E-state index is 9.95. The van der Waals surface area contributed by atoms with Gasteiger partial charge in [-0.3, -0.25) is 0 Å². The molecule has 0 spiro atoms. The second-order valence-electron chi connectivity index (χ2n) is 8.66. The summed E-state index contributed by atoms with van der Waals surface area (Å²) in [5.41, 5.74) is 4.70. The molecule has 0 aromatic carbocycles. The number of fused-ring (bicyclic) bond motifs is 1. The first-order valence-electron chi connectivity index (χ1n) is 9.77. The molecular formula is C22H33IO. The number of alkyl halides is 1. The molecule has 134 valence electrons. The van der Waals surface area contributed by atoms with Crippen molar-refractivity contribution in [1.29, 1.82) is 0 Å². The summed E-state index contributed by atoms with van der Waals surface area (Å²) in [7, 11) is 0. The lowest BCUT2D eigenvalue weighted by Gasteiger charge is -2.44. The van der Waals surface area contributed by atoms with Gasteiger partial charge in [0.05, 0.1) is 6.10 Å². The zero-order chi connectivity index (χ0) is 17.3. The first-order chi connectivity index (χ1) is 11.5. The summed E-state index contributed by atoms with van der Waals surface area (Å²) in [6.07, 6.45) is 14.0. The Kier molecular flexibility index (Phi) is 5.96. The molecule has 24 heavy (non-hydrogen) atoms. The van der Waals surface area contributed by atoms with Crippen LogP contribution in [0.5, 0.6) is 0 Å². The van der Waals surface area contributed by atoms with E-state index in [1.807, 2.05) is 0 Å². The Morgan fingerprint density at radius 2 is 2.08 bits per heavy atom. The van der Waals surface area contributed by atoms with Gasteiger partial charge in [0.2, 0.25) is 0 Å². The molecule has 0 aromatic rings. The quantitative estimate of drug-likeness (QED) is 0.408. The van der Waals surface area contributed by atoms with Gasteiger partial charge >= 0.3 is 0 Å². The molecule has 3 aliphatic carbocycles. The second kappa shape index (κ2) is 7.65. The van der Waals surface area contributed by atoms with Crippen LogP contribution in [0.2, 0.25) is 0 Å². The molecule has 0 aliphatic heterocycles. The van der Waals surface area contributed by atoms with Crippen molar-refractivity contribution in [2.75, 3.05) is 4.43 Å². The van der Waals surface area contributed by atoms with Crippen LogP contribution in [0.4, 0.5) is 0 Å². The van der Waals surface area contributed by atoms with E-state index in [1.165, 1.54) is 47.7 Å². The van der Waals surface area contributed by atoms with Crippen LogP contribution in [0.25, 0.3) is 0 Å². The molecule has 0 unspecified atom stereocenters. The molecule has 1 nitrogen and oxygen atoms in total. The van der Waals surface area contributed by atoms with E-state index in [0.717, 1.165) is 37.0 Å². The Balaban J connectivity index is 1.81. The van der Waals surface area contributed by atoms with E-state index < -0.39 is 0 Å². The molecule has 0 heterocycles. The maximum atomic E-state index is 9.95. The van der Waals surface area contributed by atoms with Gasteiger partial charge in [-0.25, -0.2) is 0 Å². The lowest BCUT2D eigenvalue weighted by atomic mass is 9.61. The number of hydrogen-bond acceptors (Lipinski definition) is 1. The average molecular weight is 440 g/mol. The predicted molar refractivity (Wildman–Crippen MR) is 111 cm³/mol. The van der Waals surface area contributed by atoms with Gasteiger partial charge in [-0.1, -0.05) is 66.3 Å². The largest absolute Gasteiger partial charge is 0.393 e. The van der Waals surface area contributed by atoms with E-state index in [1.54, 1.807) is 5.57 Å². The van der Waals surface area contributed by atoms with E-state index in [9.17, 15) is 5.11 Å². The lowest BCUT2D eigenvalue weighted by molar-refractivity contribution is 0.106. The van der Waals surface area contributed by atoms with Crippen molar-refractivity contribution >= 4 is 22.6 Å². The molecule has 3 aliphatic rings. The van der Waals surface area contributed by atoms with E-state index in [4.69, 9.17) is 0 Å². The van der Waals surface area contributed by atoms with Crippen LogP contribution in [0.15, 0.2) is 35.5 Å². The highest BCUT2D eigenvalue weighted by Crippen LogP contribution is 2.59. The zero-order valence-electron chi connectivity index (χ0n) is 15.4. The van der Waals surface area contributed by atoms with E-state index in [0.29, 0.717) is 5.41 Å². The first kappa shape index (κ1) is 18.7. The molecule has 0 saturated heterocycles. The molecular weight excluding hydrogens is 407 g/mol. The Bertz CT molecular complexity index is 546. The summed E-state index contributed by atoms with van der Waals surface area (Å²) in [4.78, 5) is 0. The lowest BCUT2D eigenvalue weighted by Crippen LogP contribution is -2.36. The highest BCUT2D eigenvalue weighted by Gasteiger charge is 2.50. The van der Waals surface area contributed by atoms with Crippen LogP contribution in [0.3, 0.4) is 0 Å². The summed E-state index contributed by atoms with van der Waals surface area (Å²) >= 11 is 2.57. The van der Waals surface area contributed by atoms with Crippen molar-refractivity contribution in [2.24, 2.45) is 23.2 Å². The van der Waals surface area contributed by atoms with Crippen LogP contribution < -0.4 is 0 Å². The standard InChI is InChI=1S/C22H33IO/c1-15-6-9-19(24)13-18(15)8-7-17-5-4-12-22(3)20(16(2)14-23)10-11-21(17)22/h7-8,16,19-21,24H,1,4-6,9-14H2,2-3H3/b17-7+,18-8-/t16-,19+,20-,21+,22-/m1/s1. The van der Waals surface area contributed by atoms with Crippen LogP contribution in [0, 0.1) is 23.2 Å². The van der Waals surface area contributed by atoms with Gasteiger partial charge in [0.1, 0.15) is 0 Å². The van der Waals surface area contributed by atoms with E-state index >= 15 is 0 Å². The van der Waals surface area contributed by atoms with Gasteiger partial charge in [0, 0.05) is 4.43 Å². The van der Waals surface area contributed by atoms with Gasteiger partial charge in [-0.2, -0.15) is 0 Å². The molecule has 1 N–H and O–H groups in total. The van der Waals surface area contributed by atoms with Crippen molar-refractivity contribution in [1.82, 2.24) is 0 Å². The molecule has 0 amide bonds. The average Bonchev–Trinajstić information content (AvgIpc) is 2.92. The van der Waals surface area contributed by atoms with Gasteiger partial charge in [0.15, 0.2) is 0 Å². The van der Waals surface area contributed by atoms with Crippen LogP contribution in [-0.2, 0) is 0 Å². The first-order valence-corrected chi connectivity index (χ1v) is 11.3. The second-order valence-corrected chi connectivity index (χ2v) is 9.54. The summed E-state index contributed by atoms with van der Waals surface area (Å²) in [6, 6.07) is 0. The van der Waals surface area contributed by atoms with Crippen LogP contribution in [-0.4, -0.2) is 15.6 Å². The number of aliphatic hydroxyl groups is 1. The predicted octanol–water partition coefficient (Wildman–Crippen LogP) is 6.23. The number of rotatable bonds is 3. The van der Waals surface area contributed by atoms with Crippen molar-refractivity contribution in [2.45, 2.75) is 71.3 Å². The van der Waals surface area contributed by atoms with Gasteiger partial charge in [-0.15, -0.1) is 0 Å². The van der Waals surface area contributed by atoms with Crippen LogP contribution in [0.1, 0.15) is 65.2 Å². The maximum Gasteiger partial charge on any atom is 0.0583 e. The molecule has 0 radical (unpaired) electrons. The minimum absolute atomic E-state index is 0.169. The van der Waals surface area contributed by atoms with Crippen molar-refractivity contribution < 1.29 is 5.11 Å². The third-order valence-electron chi connectivity index (χ3n) is 7.16. The molecule has 3 rings (SSSR count). The Morgan fingerprint density at radius 1 is 1.29 bits per heavy atom. The van der Waals surface area contributed by atoms with E-state index in [-0.39, 0.29) is 6.10 Å². The smallest absolute Gasteiger partial charge is 0.0583 e. The van der Waals surface area contributed by atoms with Crippen LogP contribution >= 0.6 is 22.6 Å². The Hall–Kier alpha value is -0.0900. The molecule has 3 saturated carbocycles. The number of allylic oxidation sites excluding steroid dienone is 4. The molecule has 0 bridgehead atoms. The zero-order valence-corrected chi connectivity index (χ0v) is 17.5. The minimum Gasteiger partial charge on any atom is -0.393 e. The number of hydrogen-bond donors (Lipinski definition) is 1. The Labute approximate surface area is 161 Å². The minimum atomic E-state index is -0.169. The molecule has 2 heteroatoms. The Morgan fingerprint density at radius 3 is 2.83 bits per heavy atom. The van der Waals surface area contributed by atoms with Crippen molar-refractivity contribution in [3.05, 3.63) is 35.5 Å². The van der Waals surface area contributed by atoms with Crippen molar-refractivity contribution in [3.63, 3.8) is 0 Å². The van der Waals surface area contributed by atoms with E-state index in [2.05, 4.69) is 55.2 Å². The molecule has 3 fully saturated rings. The van der Waals surface area contributed by atoms with Gasteiger partial charge in [0.25, 0.3) is 0 Å².